The first-order valence-corrected chi connectivity index (χ1v) is 4.73. The van der Waals surface area contributed by atoms with Gasteiger partial charge in [-0.3, -0.25) is 0 Å². The maximum Gasteiger partial charge on any atom is 0.0665 e. The minimum Gasteiger partial charge on any atom is -0.198 e. The summed E-state index contributed by atoms with van der Waals surface area (Å²) >= 11 is 0. The van der Waals surface area contributed by atoms with Crippen molar-refractivity contribution in [3.05, 3.63) is 11.1 Å². The fourth-order valence-electron chi connectivity index (χ4n) is 2.37. The Labute approximate surface area is 74.1 Å². The lowest BCUT2D eigenvalue weighted by molar-refractivity contribution is 0.348. The van der Waals surface area contributed by atoms with Gasteiger partial charge in [0.1, 0.15) is 0 Å². The molecule has 64 valence electrons. The van der Waals surface area contributed by atoms with E-state index in [2.05, 4.69) is 19.9 Å². The molecule has 0 saturated heterocycles. The van der Waals surface area contributed by atoms with Crippen molar-refractivity contribution >= 4 is 0 Å². The molecule has 0 radical (unpaired) electrons. The van der Waals surface area contributed by atoms with E-state index >= 15 is 0 Å². The quantitative estimate of drug-likeness (QED) is 0.501. The molecule has 1 unspecified atom stereocenters. The van der Waals surface area contributed by atoms with Gasteiger partial charge in [-0.25, -0.2) is 0 Å². The zero-order valence-electron chi connectivity index (χ0n) is 7.85. The van der Waals surface area contributed by atoms with Crippen molar-refractivity contribution in [2.24, 2.45) is 11.3 Å². The number of nitriles is 1. The van der Waals surface area contributed by atoms with Gasteiger partial charge in [0.25, 0.3) is 0 Å². The summed E-state index contributed by atoms with van der Waals surface area (Å²) in [4.78, 5) is 0. The zero-order chi connectivity index (χ0) is 8.77. The molecule has 0 heterocycles. The normalized spacial score (nSPS) is 31.9. The highest BCUT2D eigenvalue weighted by atomic mass is 14.5. The van der Waals surface area contributed by atoms with Crippen LogP contribution in [-0.4, -0.2) is 0 Å². The van der Waals surface area contributed by atoms with Crippen molar-refractivity contribution in [1.82, 2.24) is 0 Å². The molecule has 1 nitrogen and oxygen atoms in total. The summed E-state index contributed by atoms with van der Waals surface area (Å²) in [5.41, 5.74) is 3.43. The van der Waals surface area contributed by atoms with Gasteiger partial charge in [0.2, 0.25) is 0 Å². The number of allylic oxidation sites excluding steroid dienone is 2. The van der Waals surface area contributed by atoms with Crippen LogP contribution in [0.15, 0.2) is 11.1 Å². The molecule has 12 heavy (non-hydrogen) atoms. The molecule has 1 fully saturated rings. The van der Waals surface area contributed by atoms with E-state index in [-0.39, 0.29) is 0 Å². The predicted molar refractivity (Wildman–Crippen MR) is 48.4 cm³/mol. The molecule has 0 bridgehead atoms. The second kappa shape index (κ2) is 2.36. The summed E-state index contributed by atoms with van der Waals surface area (Å²) in [5, 5.41) is 9.00. The Morgan fingerprint density at radius 1 is 1.33 bits per heavy atom. The fourth-order valence-corrected chi connectivity index (χ4v) is 2.37. The Balaban J connectivity index is 2.26. The number of rotatable bonds is 0. The molecule has 0 aromatic rings. The molecule has 2 aliphatic carbocycles. The van der Waals surface area contributed by atoms with Crippen molar-refractivity contribution in [3.63, 3.8) is 0 Å². The van der Waals surface area contributed by atoms with E-state index in [1.54, 1.807) is 5.57 Å². The van der Waals surface area contributed by atoms with Crippen molar-refractivity contribution < 1.29 is 0 Å². The van der Waals surface area contributed by atoms with E-state index in [4.69, 9.17) is 5.26 Å². The van der Waals surface area contributed by atoms with Crippen LogP contribution in [0.1, 0.15) is 39.5 Å². The second-order valence-electron chi connectivity index (χ2n) is 4.49. The van der Waals surface area contributed by atoms with Gasteiger partial charge >= 0.3 is 0 Å². The lowest BCUT2D eigenvalue weighted by Crippen LogP contribution is -2.20. The number of hydrogen-bond donors (Lipinski definition) is 0. The summed E-state index contributed by atoms with van der Waals surface area (Å²) in [6.07, 6.45) is 4.80. The molecule has 0 aromatic carbocycles. The van der Waals surface area contributed by atoms with Gasteiger partial charge in [0, 0.05) is 0 Å². The first-order valence-electron chi connectivity index (χ1n) is 4.73. The van der Waals surface area contributed by atoms with Gasteiger partial charge in [-0.05, 0) is 44.9 Å². The van der Waals surface area contributed by atoms with Gasteiger partial charge in [-0.1, -0.05) is 11.1 Å². The molecule has 1 heteroatoms. The number of nitrogens with zero attached hydrogens (tertiary/aromatic N) is 1. The fraction of sp³-hybridized carbons (Fsp3) is 0.727. The van der Waals surface area contributed by atoms with Crippen LogP contribution < -0.4 is 0 Å². The van der Waals surface area contributed by atoms with Crippen molar-refractivity contribution in [2.75, 3.05) is 0 Å². The van der Waals surface area contributed by atoms with Crippen LogP contribution >= 0.6 is 0 Å². The molecular formula is C11H15N. The standard InChI is InChI=1S/C11H15N/c1-8-5-10(7-12)11(3-4-11)6-9(8)2/h10H,3-6H2,1-2H3. The Bertz CT molecular complexity index is 276. The molecule has 1 atom stereocenters. The summed E-state index contributed by atoms with van der Waals surface area (Å²) < 4.78 is 0. The van der Waals surface area contributed by atoms with Crippen molar-refractivity contribution in [3.8, 4) is 6.07 Å². The van der Waals surface area contributed by atoms with Gasteiger partial charge in [-0.15, -0.1) is 0 Å². The first-order chi connectivity index (χ1) is 5.68. The van der Waals surface area contributed by atoms with Gasteiger partial charge in [0.05, 0.1) is 12.0 Å². The Kier molecular flexibility index (Phi) is 1.54. The molecule has 0 aromatic heterocycles. The first kappa shape index (κ1) is 7.86. The summed E-state index contributed by atoms with van der Waals surface area (Å²) in [5.74, 6) is 0.321. The molecule has 2 rings (SSSR count). The van der Waals surface area contributed by atoms with E-state index in [1.165, 1.54) is 24.8 Å². The van der Waals surface area contributed by atoms with Crippen LogP contribution in [-0.2, 0) is 0 Å². The Morgan fingerprint density at radius 3 is 2.50 bits per heavy atom. The third-order valence-electron chi connectivity index (χ3n) is 3.64. The average molecular weight is 161 g/mol. The summed E-state index contributed by atoms with van der Waals surface area (Å²) in [7, 11) is 0. The third kappa shape index (κ3) is 0.982. The van der Waals surface area contributed by atoms with Crippen LogP contribution in [0.4, 0.5) is 0 Å². The molecular weight excluding hydrogens is 146 g/mol. The highest BCUT2D eigenvalue weighted by Crippen LogP contribution is 2.60. The molecule has 0 N–H and O–H groups in total. The highest BCUT2D eigenvalue weighted by Gasteiger charge is 2.51. The SMILES string of the molecule is CC1=C(C)CC2(CC2)C(C#N)C1. The van der Waals surface area contributed by atoms with Crippen LogP contribution in [0.3, 0.4) is 0 Å². The lowest BCUT2D eigenvalue weighted by Gasteiger charge is -2.28. The minimum absolute atomic E-state index is 0.321. The lowest BCUT2D eigenvalue weighted by atomic mass is 9.75. The highest BCUT2D eigenvalue weighted by molar-refractivity contribution is 5.25. The largest absolute Gasteiger partial charge is 0.198 e. The molecule has 2 aliphatic rings. The van der Waals surface area contributed by atoms with Gasteiger partial charge < -0.3 is 0 Å². The van der Waals surface area contributed by atoms with E-state index in [1.807, 2.05) is 0 Å². The van der Waals surface area contributed by atoms with Crippen LogP contribution in [0, 0.1) is 22.7 Å². The predicted octanol–water partition coefficient (Wildman–Crippen LogP) is 3.04. The van der Waals surface area contributed by atoms with E-state index in [0.717, 1.165) is 6.42 Å². The third-order valence-corrected chi connectivity index (χ3v) is 3.64. The molecule has 0 aliphatic heterocycles. The maximum atomic E-state index is 9.00. The second-order valence-corrected chi connectivity index (χ2v) is 4.49. The van der Waals surface area contributed by atoms with E-state index < -0.39 is 0 Å². The average Bonchev–Trinajstić information content (AvgIpc) is 2.78. The van der Waals surface area contributed by atoms with E-state index in [0.29, 0.717) is 11.3 Å². The van der Waals surface area contributed by atoms with Crippen LogP contribution in [0.5, 0.6) is 0 Å². The van der Waals surface area contributed by atoms with Gasteiger partial charge in [-0.2, -0.15) is 5.26 Å². The smallest absolute Gasteiger partial charge is 0.0665 e. The van der Waals surface area contributed by atoms with Crippen LogP contribution in [0.2, 0.25) is 0 Å². The Morgan fingerprint density at radius 2 is 2.00 bits per heavy atom. The van der Waals surface area contributed by atoms with Crippen molar-refractivity contribution in [2.45, 2.75) is 39.5 Å². The Hall–Kier alpha value is -0.770. The molecule has 1 saturated carbocycles. The summed E-state index contributed by atoms with van der Waals surface area (Å²) in [6, 6.07) is 2.47. The zero-order valence-corrected chi connectivity index (χ0v) is 7.85. The number of hydrogen-bond acceptors (Lipinski definition) is 1. The van der Waals surface area contributed by atoms with Gasteiger partial charge in [0.15, 0.2) is 0 Å². The minimum atomic E-state index is 0.321. The molecule has 1 spiro atoms. The maximum absolute atomic E-state index is 9.00. The van der Waals surface area contributed by atoms with E-state index in [9.17, 15) is 0 Å². The van der Waals surface area contributed by atoms with Crippen molar-refractivity contribution in [1.29, 1.82) is 5.26 Å². The summed E-state index contributed by atoms with van der Waals surface area (Å²) in [6.45, 7) is 4.40. The topological polar surface area (TPSA) is 23.8 Å². The van der Waals surface area contributed by atoms with Crippen LogP contribution in [0.25, 0.3) is 0 Å². The molecule has 0 amide bonds. The monoisotopic (exact) mass is 161 g/mol.